The van der Waals surface area contributed by atoms with Gasteiger partial charge in [-0.25, -0.2) is 4.79 Å². The van der Waals surface area contributed by atoms with Crippen LogP contribution in [0, 0.1) is 6.92 Å². The zero-order valence-corrected chi connectivity index (χ0v) is 12.8. The van der Waals surface area contributed by atoms with Crippen molar-refractivity contribution in [2.24, 2.45) is 0 Å². The molecule has 1 aromatic heterocycles. The minimum absolute atomic E-state index is 0.0752. The van der Waals surface area contributed by atoms with Crippen molar-refractivity contribution in [2.75, 3.05) is 32.8 Å². The molecule has 0 N–H and O–H groups in total. The van der Waals surface area contributed by atoms with Gasteiger partial charge in [0.05, 0.1) is 6.61 Å². The van der Waals surface area contributed by atoms with Crippen molar-refractivity contribution in [3.63, 3.8) is 0 Å². The summed E-state index contributed by atoms with van der Waals surface area (Å²) in [7, 11) is 0. The Morgan fingerprint density at radius 3 is 2.33 bits per heavy atom. The highest BCUT2D eigenvalue weighted by Crippen LogP contribution is 2.10. The van der Waals surface area contributed by atoms with Crippen LogP contribution in [0.2, 0.25) is 0 Å². The van der Waals surface area contributed by atoms with Crippen LogP contribution in [-0.4, -0.2) is 64.4 Å². The zero-order chi connectivity index (χ0) is 15.4. The van der Waals surface area contributed by atoms with Crippen LogP contribution in [0.1, 0.15) is 30.0 Å². The van der Waals surface area contributed by atoms with Crippen LogP contribution in [-0.2, 0) is 11.3 Å². The molecule has 1 aromatic rings. The summed E-state index contributed by atoms with van der Waals surface area (Å²) in [4.78, 5) is 27.4. The average molecular weight is 294 g/mol. The average Bonchev–Trinajstić information content (AvgIpc) is 2.88. The van der Waals surface area contributed by atoms with Crippen LogP contribution in [0.5, 0.6) is 0 Å². The summed E-state index contributed by atoms with van der Waals surface area (Å²) in [6, 6.07) is 1.81. The Hall–Kier alpha value is -2.05. The predicted molar refractivity (Wildman–Crippen MR) is 77.1 cm³/mol. The molecule has 0 bridgehead atoms. The molecular weight excluding hydrogens is 272 g/mol. The van der Waals surface area contributed by atoms with E-state index in [9.17, 15) is 9.59 Å². The largest absolute Gasteiger partial charge is 0.450 e. The quantitative estimate of drug-likeness (QED) is 0.838. The van der Waals surface area contributed by atoms with Gasteiger partial charge in [0.25, 0.3) is 5.91 Å². The molecule has 2 rings (SSSR count). The molecule has 1 saturated heterocycles. The number of piperazine rings is 1. The molecule has 1 aliphatic heterocycles. The Kier molecular flexibility index (Phi) is 4.82. The Balaban J connectivity index is 1.95. The molecule has 1 aliphatic rings. The molecule has 0 aliphatic carbocycles. The van der Waals surface area contributed by atoms with E-state index in [-0.39, 0.29) is 12.0 Å². The second-order valence-corrected chi connectivity index (χ2v) is 4.96. The fourth-order valence-electron chi connectivity index (χ4n) is 2.40. The molecule has 0 spiro atoms. The summed E-state index contributed by atoms with van der Waals surface area (Å²) < 4.78 is 6.77. The monoisotopic (exact) mass is 294 g/mol. The highest BCUT2D eigenvalue weighted by molar-refractivity contribution is 5.92. The normalized spacial score (nSPS) is 15.2. The maximum atomic E-state index is 12.4. The highest BCUT2D eigenvalue weighted by Gasteiger charge is 2.26. The lowest BCUT2D eigenvalue weighted by molar-refractivity contribution is 0.0565. The molecule has 2 amide bonds. The van der Waals surface area contributed by atoms with Gasteiger partial charge in [-0.2, -0.15) is 5.10 Å². The van der Waals surface area contributed by atoms with E-state index in [1.807, 2.05) is 24.6 Å². The maximum Gasteiger partial charge on any atom is 0.409 e. The van der Waals surface area contributed by atoms with E-state index in [0.717, 1.165) is 12.2 Å². The lowest BCUT2D eigenvalue weighted by atomic mass is 10.2. The van der Waals surface area contributed by atoms with Crippen LogP contribution in [0.15, 0.2) is 6.07 Å². The van der Waals surface area contributed by atoms with Crippen molar-refractivity contribution in [1.82, 2.24) is 19.6 Å². The number of ether oxygens (including phenoxy) is 1. The second kappa shape index (κ2) is 6.60. The number of carbonyl (C=O) groups excluding carboxylic acids is 2. The van der Waals surface area contributed by atoms with E-state index in [4.69, 9.17) is 4.74 Å². The third-order valence-corrected chi connectivity index (χ3v) is 3.59. The smallest absolute Gasteiger partial charge is 0.409 e. The van der Waals surface area contributed by atoms with Gasteiger partial charge >= 0.3 is 6.09 Å². The van der Waals surface area contributed by atoms with Gasteiger partial charge in [-0.1, -0.05) is 0 Å². The molecular formula is C14H22N4O3. The molecule has 0 saturated carbocycles. The molecule has 0 aromatic carbocycles. The molecule has 7 heteroatoms. The number of hydrogen-bond donors (Lipinski definition) is 0. The zero-order valence-electron chi connectivity index (χ0n) is 12.8. The molecule has 0 atom stereocenters. The summed E-state index contributed by atoms with van der Waals surface area (Å²) >= 11 is 0. The number of hydrogen-bond acceptors (Lipinski definition) is 4. The van der Waals surface area contributed by atoms with E-state index >= 15 is 0 Å². The van der Waals surface area contributed by atoms with Gasteiger partial charge in [0.15, 0.2) is 5.69 Å². The van der Waals surface area contributed by atoms with Crippen LogP contribution in [0.4, 0.5) is 4.79 Å². The van der Waals surface area contributed by atoms with Gasteiger partial charge in [0.1, 0.15) is 0 Å². The first-order chi connectivity index (χ1) is 10.1. The van der Waals surface area contributed by atoms with Gasteiger partial charge < -0.3 is 14.5 Å². The number of rotatable bonds is 3. The number of amides is 2. The second-order valence-electron chi connectivity index (χ2n) is 4.96. The Morgan fingerprint density at radius 2 is 1.81 bits per heavy atom. The molecule has 1 fully saturated rings. The van der Waals surface area contributed by atoms with Gasteiger partial charge in [-0.05, 0) is 26.8 Å². The first kappa shape index (κ1) is 15.3. The molecule has 2 heterocycles. The van der Waals surface area contributed by atoms with Crippen molar-refractivity contribution >= 4 is 12.0 Å². The third kappa shape index (κ3) is 3.34. The lowest BCUT2D eigenvalue weighted by Gasteiger charge is -2.33. The summed E-state index contributed by atoms with van der Waals surface area (Å²) in [6.45, 7) is 8.84. The summed E-state index contributed by atoms with van der Waals surface area (Å²) in [5, 5.41) is 4.31. The standard InChI is InChI=1S/C14H22N4O3/c1-4-18-11(3)10-12(15-18)13(19)16-6-8-17(9-7-16)14(20)21-5-2/h10H,4-9H2,1-3H3. The Labute approximate surface area is 124 Å². The number of aromatic nitrogens is 2. The van der Waals surface area contributed by atoms with Crippen LogP contribution < -0.4 is 0 Å². The fourth-order valence-corrected chi connectivity index (χ4v) is 2.40. The van der Waals surface area contributed by atoms with Crippen molar-refractivity contribution in [1.29, 1.82) is 0 Å². The molecule has 0 unspecified atom stereocenters. The summed E-state index contributed by atoms with van der Waals surface area (Å²) in [6.07, 6.45) is -0.310. The summed E-state index contributed by atoms with van der Waals surface area (Å²) in [5.74, 6) is -0.0752. The SMILES string of the molecule is CCOC(=O)N1CCN(C(=O)c2cc(C)n(CC)n2)CC1. The van der Waals surface area contributed by atoms with E-state index in [0.29, 0.717) is 38.5 Å². The Morgan fingerprint density at radius 1 is 1.19 bits per heavy atom. The number of nitrogens with zero attached hydrogens (tertiary/aromatic N) is 4. The van der Waals surface area contributed by atoms with Crippen LogP contribution >= 0.6 is 0 Å². The van der Waals surface area contributed by atoms with Gasteiger partial charge in [0, 0.05) is 38.4 Å². The Bertz CT molecular complexity index is 518. The van der Waals surface area contributed by atoms with Gasteiger partial charge in [0.2, 0.25) is 0 Å². The highest BCUT2D eigenvalue weighted by atomic mass is 16.6. The predicted octanol–water partition coefficient (Wildman–Crippen LogP) is 1.13. The van der Waals surface area contributed by atoms with Crippen molar-refractivity contribution in [3.05, 3.63) is 17.5 Å². The molecule has 7 nitrogen and oxygen atoms in total. The molecule has 21 heavy (non-hydrogen) atoms. The molecule has 116 valence electrons. The first-order valence-corrected chi connectivity index (χ1v) is 7.32. The first-order valence-electron chi connectivity index (χ1n) is 7.32. The third-order valence-electron chi connectivity index (χ3n) is 3.59. The lowest BCUT2D eigenvalue weighted by Crippen LogP contribution is -2.50. The van der Waals surface area contributed by atoms with Crippen molar-refractivity contribution in [3.8, 4) is 0 Å². The van der Waals surface area contributed by atoms with Gasteiger partial charge in [-0.3, -0.25) is 9.48 Å². The van der Waals surface area contributed by atoms with Crippen LogP contribution in [0.3, 0.4) is 0 Å². The van der Waals surface area contributed by atoms with E-state index in [2.05, 4.69) is 5.10 Å². The number of aryl methyl sites for hydroxylation is 2. The van der Waals surface area contributed by atoms with E-state index < -0.39 is 0 Å². The topological polar surface area (TPSA) is 67.7 Å². The van der Waals surface area contributed by atoms with E-state index in [1.165, 1.54) is 0 Å². The van der Waals surface area contributed by atoms with Crippen molar-refractivity contribution < 1.29 is 14.3 Å². The van der Waals surface area contributed by atoms with E-state index in [1.54, 1.807) is 16.7 Å². The minimum Gasteiger partial charge on any atom is -0.450 e. The van der Waals surface area contributed by atoms with Crippen molar-refractivity contribution in [2.45, 2.75) is 27.3 Å². The van der Waals surface area contributed by atoms with Gasteiger partial charge in [-0.15, -0.1) is 0 Å². The summed E-state index contributed by atoms with van der Waals surface area (Å²) in [5.41, 5.74) is 1.45. The van der Waals surface area contributed by atoms with Crippen LogP contribution in [0.25, 0.3) is 0 Å². The minimum atomic E-state index is -0.310. The number of carbonyl (C=O) groups is 2. The maximum absolute atomic E-state index is 12.4. The molecule has 0 radical (unpaired) electrons. The fraction of sp³-hybridized carbons (Fsp3) is 0.643.